The van der Waals surface area contributed by atoms with Crippen LogP contribution in [0.1, 0.15) is 45.4 Å². The fourth-order valence-corrected chi connectivity index (χ4v) is 3.19. The summed E-state index contributed by atoms with van der Waals surface area (Å²) < 4.78 is 0. The van der Waals surface area contributed by atoms with E-state index in [1.54, 1.807) is 0 Å². The van der Waals surface area contributed by atoms with Crippen molar-refractivity contribution in [3.05, 3.63) is 0 Å². The van der Waals surface area contributed by atoms with Crippen LogP contribution in [0, 0.1) is 5.92 Å². The minimum atomic E-state index is -0.170. The molecule has 0 spiro atoms. The Morgan fingerprint density at radius 1 is 1.25 bits per heavy atom. The van der Waals surface area contributed by atoms with Gasteiger partial charge in [-0.1, -0.05) is 6.92 Å². The molecule has 0 aromatic heterocycles. The number of urea groups is 1. The summed E-state index contributed by atoms with van der Waals surface area (Å²) in [5, 5.41) is 15.4. The van der Waals surface area contributed by atoms with Crippen molar-refractivity contribution < 1.29 is 9.90 Å². The van der Waals surface area contributed by atoms with E-state index in [4.69, 9.17) is 0 Å². The van der Waals surface area contributed by atoms with E-state index in [0.29, 0.717) is 5.92 Å². The molecule has 0 radical (unpaired) electrons. The molecule has 0 aromatic rings. The predicted octanol–water partition coefficient (Wildman–Crippen LogP) is 1.32. The van der Waals surface area contributed by atoms with E-state index in [2.05, 4.69) is 22.5 Å². The van der Waals surface area contributed by atoms with Gasteiger partial charge in [-0.15, -0.1) is 0 Å². The summed E-state index contributed by atoms with van der Waals surface area (Å²) in [5.41, 5.74) is 0. The van der Waals surface area contributed by atoms with Gasteiger partial charge >= 0.3 is 6.03 Å². The van der Waals surface area contributed by atoms with Gasteiger partial charge in [0.15, 0.2) is 0 Å². The Hall–Kier alpha value is -0.810. The topological polar surface area (TPSA) is 64.6 Å². The third-order valence-electron chi connectivity index (χ3n) is 4.41. The molecule has 5 heteroatoms. The Morgan fingerprint density at radius 3 is 2.55 bits per heavy atom. The molecule has 0 bridgehead atoms. The molecule has 3 N–H and O–H groups in total. The monoisotopic (exact) mass is 283 g/mol. The highest BCUT2D eigenvalue weighted by atomic mass is 16.3. The number of hydrogen-bond donors (Lipinski definition) is 3. The first-order valence-electron chi connectivity index (χ1n) is 8.08. The minimum absolute atomic E-state index is 0.0559. The van der Waals surface area contributed by atoms with Crippen LogP contribution in [0.3, 0.4) is 0 Å². The third-order valence-corrected chi connectivity index (χ3v) is 4.41. The van der Waals surface area contributed by atoms with Crippen LogP contribution in [-0.2, 0) is 0 Å². The molecule has 1 saturated carbocycles. The van der Waals surface area contributed by atoms with Crippen molar-refractivity contribution in [3.63, 3.8) is 0 Å². The van der Waals surface area contributed by atoms with Crippen molar-refractivity contribution in [1.29, 1.82) is 0 Å². The molecule has 1 unspecified atom stereocenters. The number of amides is 2. The van der Waals surface area contributed by atoms with E-state index < -0.39 is 0 Å². The highest BCUT2D eigenvalue weighted by Crippen LogP contribution is 2.18. The normalized spacial score (nSPS) is 29.1. The van der Waals surface area contributed by atoms with Crippen molar-refractivity contribution in [2.75, 3.05) is 26.2 Å². The fourth-order valence-electron chi connectivity index (χ4n) is 3.19. The van der Waals surface area contributed by atoms with Crippen molar-refractivity contribution in [2.45, 2.75) is 57.6 Å². The lowest BCUT2D eigenvalue weighted by molar-refractivity contribution is 0.117. The maximum Gasteiger partial charge on any atom is 0.315 e. The lowest BCUT2D eigenvalue weighted by atomic mass is 9.93. The lowest BCUT2D eigenvalue weighted by Gasteiger charge is -2.26. The molecule has 1 saturated heterocycles. The lowest BCUT2D eigenvalue weighted by Crippen LogP contribution is -2.46. The standard InChI is InChI=1S/C15H29N3O2/c1-12(11-18-8-2-3-9-18)10-16-15(20)17-13-4-6-14(19)7-5-13/h12-14,19H,2-11H2,1H3,(H2,16,17,20). The van der Waals surface area contributed by atoms with Gasteiger partial charge in [0.1, 0.15) is 0 Å². The Labute approximate surface area is 122 Å². The zero-order valence-electron chi connectivity index (χ0n) is 12.6. The summed E-state index contributed by atoms with van der Waals surface area (Å²) in [7, 11) is 0. The number of rotatable bonds is 5. The van der Waals surface area contributed by atoms with Crippen molar-refractivity contribution in [3.8, 4) is 0 Å². The second-order valence-corrected chi connectivity index (χ2v) is 6.47. The number of carbonyl (C=O) groups is 1. The van der Waals surface area contributed by atoms with E-state index in [9.17, 15) is 9.90 Å². The highest BCUT2D eigenvalue weighted by molar-refractivity contribution is 5.74. The molecule has 1 aliphatic carbocycles. The van der Waals surface area contributed by atoms with E-state index in [1.807, 2.05) is 0 Å². The number of nitrogens with zero attached hydrogens (tertiary/aromatic N) is 1. The van der Waals surface area contributed by atoms with Crippen LogP contribution in [0.2, 0.25) is 0 Å². The van der Waals surface area contributed by atoms with E-state index in [0.717, 1.165) is 38.8 Å². The van der Waals surface area contributed by atoms with Gasteiger partial charge in [0.2, 0.25) is 0 Å². The van der Waals surface area contributed by atoms with Gasteiger partial charge < -0.3 is 20.6 Å². The number of carbonyl (C=O) groups excluding carboxylic acids is 1. The molecule has 116 valence electrons. The van der Waals surface area contributed by atoms with Crippen LogP contribution in [0.5, 0.6) is 0 Å². The fraction of sp³-hybridized carbons (Fsp3) is 0.933. The first-order valence-corrected chi connectivity index (χ1v) is 8.08. The zero-order valence-corrected chi connectivity index (χ0v) is 12.6. The first kappa shape index (κ1) is 15.6. The Morgan fingerprint density at radius 2 is 1.90 bits per heavy atom. The van der Waals surface area contributed by atoms with Crippen LogP contribution in [-0.4, -0.2) is 54.4 Å². The average molecular weight is 283 g/mol. The van der Waals surface area contributed by atoms with Crippen LogP contribution < -0.4 is 10.6 Å². The highest BCUT2D eigenvalue weighted by Gasteiger charge is 2.21. The summed E-state index contributed by atoms with van der Waals surface area (Å²) in [4.78, 5) is 14.3. The van der Waals surface area contributed by atoms with Gasteiger partial charge in [0.05, 0.1) is 6.10 Å². The van der Waals surface area contributed by atoms with Gasteiger partial charge in [-0.25, -0.2) is 4.79 Å². The molecule has 0 aromatic carbocycles. The number of likely N-dealkylation sites (tertiary alicyclic amines) is 1. The zero-order chi connectivity index (χ0) is 14.4. The molecule has 5 nitrogen and oxygen atoms in total. The second kappa shape index (κ2) is 7.84. The van der Waals surface area contributed by atoms with E-state index in [1.165, 1.54) is 25.9 Å². The Kier molecular flexibility index (Phi) is 6.10. The minimum Gasteiger partial charge on any atom is -0.393 e. The first-order chi connectivity index (χ1) is 9.63. The number of aliphatic hydroxyl groups excluding tert-OH is 1. The summed E-state index contributed by atoms with van der Waals surface area (Å²) >= 11 is 0. The molecule has 2 fully saturated rings. The van der Waals surface area contributed by atoms with Crippen LogP contribution >= 0.6 is 0 Å². The van der Waals surface area contributed by atoms with Crippen molar-refractivity contribution in [1.82, 2.24) is 15.5 Å². The Bertz CT molecular complexity index is 297. The van der Waals surface area contributed by atoms with Gasteiger partial charge in [0.25, 0.3) is 0 Å². The molecule has 1 heterocycles. The maximum absolute atomic E-state index is 11.8. The van der Waals surface area contributed by atoms with Crippen LogP contribution in [0.25, 0.3) is 0 Å². The summed E-state index contributed by atoms with van der Waals surface area (Å²) in [6, 6.07) is 0.173. The van der Waals surface area contributed by atoms with E-state index in [-0.39, 0.29) is 18.2 Å². The summed E-state index contributed by atoms with van der Waals surface area (Å²) in [5.74, 6) is 0.493. The van der Waals surface area contributed by atoms with Crippen molar-refractivity contribution >= 4 is 6.03 Å². The summed E-state index contributed by atoms with van der Waals surface area (Å²) in [6.45, 7) is 6.42. The van der Waals surface area contributed by atoms with Gasteiger partial charge in [0, 0.05) is 19.1 Å². The molecule has 2 amide bonds. The van der Waals surface area contributed by atoms with Crippen LogP contribution in [0.4, 0.5) is 4.79 Å². The quantitative estimate of drug-likeness (QED) is 0.713. The van der Waals surface area contributed by atoms with Crippen LogP contribution in [0.15, 0.2) is 0 Å². The van der Waals surface area contributed by atoms with Gasteiger partial charge in [-0.05, 0) is 57.5 Å². The van der Waals surface area contributed by atoms with E-state index >= 15 is 0 Å². The van der Waals surface area contributed by atoms with Gasteiger partial charge in [-0.3, -0.25) is 0 Å². The number of hydrogen-bond acceptors (Lipinski definition) is 3. The Balaban J connectivity index is 1.57. The molecular weight excluding hydrogens is 254 g/mol. The molecular formula is C15H29N3O2. The predicted molar refractivity (Wildman–Crippen MR) is 79.6 cm³/mol. The number of nitrogens with one attached hydrogen (secondary N) is 2. The smallest absolute Gasteiger partial charge is 0.315 e. The summed E-state index contributed by atoms with van der Waals surface area (Å²) in [6.07, 6.45) is 5.83. The average Bonchev–Trinajstić information content (AvgIpc) is 2.92. The van der Waals surface area contributed by atoms with Crippen molar-refractivity contribution in [2.24, 2.45) is 5.92 Å². The second-order valence-electron chi connectivity index (χ2n) is 6.47. The van der Waals surface area contributed by atoms with Gasteiger partial charge in [-0.2, -0.15) is 0 Å². The number of aliphatic hydroxyl groups is 1. The SMILES string of the molecule is CC(CNC(=O)NC1CCC(O)CC1)CN1CCCC1. The molecule has 20 heavy (non-hydrogen) atoms. The molecule has 1 aliphatic heterocycles. The molecule has 2 rings (SSSR count). The molecule has 2 aliphatic rings. The largest absolute Gasteiger partial charge is 0.393 e. The molecule has 1 atom stereocenters. The third kappa shape index (κ3) is 5.29. The maximum atomic E-state index is 11.8.